The van der Waals surface area contributed by atoms with Gasteiger partial charge in [-0.1, -0.05) is 6.07 Å². The molecule has 0 saturated carbocycles. The van der Waals surface area contributed by atoms with Gasteiger partial charge >= 0.3 is 0 Å². The van der Waals surface area contributed by atoms with Crippen LogP contribution in [-0.2, 0) is 16.4 Å². The number of benzene rings is 2. The van der Waals surface area contributed by atoms with Crippen LogP contribution in [0.25, 0.3) is 22.0 Å². The second-order valence-corrected chi connectivity index (χ2v) is 8.97. The summed E-state index contributed by atoms with van der Waals surface area (Å²) in [4.78, 5) is 0.210. The highest BCUT2D eigenvalue weighted by Crippen LogP contribution is 2.41. The van der Waals surface area contributed by atoms with Crippen molar-refractivity contribution >= 4 is 33.1 Å². The van der Waals surface area contributed by atoms with Gasteiger partial charge in [0.25, 0.3) is 0 Å². The smallest absolute Gasteiger partial charge is 0.231 e. The first-order chi connectivity index (χ1) is 13.8. The fourth-order valence-corrected chi connectivity index (χ4v) is 4.30. The van der Waals surface area contributed by atoms with Crippen LogP contribution in [0.4, 0.5) is 4.39 Å². The number of rotatable bonds is 5. The molecule has 1 aliphatic heterocycles. The second kappa shape index (κ2) is 8.29. The van der Waals surface area contributed by atoms with Crippen molar-refractivity contribution in [3.63, 3.8) is 0 Å². The SMILES string of the molecule is Cc1c(-c2ccc3c(c2)OCO3)c2cc(S(C)(=O)=O)ccc2n1C/C(F)=C/CN.Cl. The molecule has 2 N–H and O–H groups in total. The quantitative estimate of drug-likeness (QED) is 0.633. The molecule has 0 bridgehead atoms. The van der Waals surface area contributed by atoms with Gasteiger partial charge in [0.05, 0.1) is 11.4 Å². The molecule has 9 heteroatoms. The van der Waals surface area contributed by atoms with E-state index in [1.165, 1.54) is 12.3 Å². The molecule has 160 valence electrons. The average molecular weight is 453 g/mol. The third-order valence-electron chi connectivity index (χ3n) is 5.03. The molecule has 2 heterocycles. The van der Waals surface area contributed by atoms with Crippen LogP contribution >= 0.6 is 12.4 Å². The van der Waals surface area contributed by atoms with E-state index in [-0.39, 0.29) is 43.0 Å². The molecule has 1 aromatic heterocycles. The van der Waals surface area contributed by atoms with Gasteiger partial charge in [-0.3, -0.25) is 0 Å². The lowest BCUT2D eigenvalue weighted by Gasteiger charge is -2.08. The Hall–Kier alpha value is -2.55. The van der Waals surface area contributed by atoms with E-state index in [1.807, 2.05) is 29.7 Å². The predicted octanol–water partition coefficient (Wildman–Crippen LogP) is 3.98. The van der Waals surface area contributed by atoms with Crippen molar-refractivity contribution in [2.24, 2.45) is 5.73 Å². The van der Waals surface area contributed by atoms with Crippen LogP contribution in [-0.4, -0.2) is 32.6 Å². The molecule has 0 spiro atoms. The minimum absolute atomic E-state index is 0. The number of nitrogens with zero attached hydrogens (tertiary/aromatic N) is 1. The highest BCUT2D eigenvalue weighted by molar-refractivity contribution is 7.90. The van der Waals surface area contributed by atoms with Crippen molar-refractivity contribution in [2.75, 3.05) is 19.6 Å². The minimum atomic E-state index is -3.39. The molecule has 1 aliphatic rings. The Kier molecular flexibility index (Phi) is 6.12. The summed E-state index contributed by atoms with van der Waals surface area (Å²) in [5.41, 5.74) is 8.64. The lowest BCUT2D eigenvalue weighted by molar-refractivity contribution is 0.174. The first-order valence-electron chi connectivity index (χ1n) is 9.07. The summed E-state index contributed by atoms with van der Waals surface area (Å²) in [5.74, 6) is 0.928. The molecule has 0 atom stereocenters. The van der Waals surface area contributed by atoms with Crippen LogP contribution in [0.15, 0.2) is 53.2 Å². The normalized spacial score (nSPS) is 13.5. The molecular weight excluding hydrogens is 431 g/mol. The van der Waals surface area contributed by atoms with Crippen LogP contribution in [0, 0.1) is 6.92 Å². The first-order valence-corrected chi connectivity index (χ1v) is 11.0. The van der Waals surface area contributed by atoms with Crippen molar-refractivity contribution in [3.8, 4) is 22.6 Å². The minimum Gasteiger partial charge on any atom is -0.454 e. The van der Waals surface area contributed by atoms with Crippen LogP contribution in [0.3, 0.4) is 0 Å². The summed E-state index contributed by atoms with van der Waals surface area (Å²) in [6.45, 7) is 2.17. The standard InChI is InChI=1S/C21H21FN2O4S.ClH/c1-13-21(14-3-6-19-20(9-14)28-12-27-19)17-10-16(29(2,25)26)4-5-18(17)24(13)11-15(22)7-8-23;/h3-7,9-10H,8,11-12,23H2,1-2H3;1H/b15-7-;. The van der Waals surface area contributed by atoms with E-state index in [0.29, 0.717) is 11.5 Å². The van der Waals surface area contributed by atoms with Gasteiger partial charge < -0.3 is 19.8 Å². The van der Waals surface area contributed by atoms with E-state index in [2.05, 4.69) is 0 Å². The monoisotopic (exact) mass is 452 g/mol. The van der Waals surface area contributed by atoms with Crippen molar-refractivity contribution in [2.45, 2.75) is 18.4 Å². The molecule has 3 aromatic rings. The first kappa shape index (κ1) is 22.1. The summed E-state index contributed by atoms with van der Waals surface area (Å²) < 4.78 is 51.2. The third-order valence-corrected chi connectivity index (χ3v) is 6.14. The number of ether oxygens (including phenoxy) is 2. The average Bonchev–Trinajstić information content (AvgIpc) is 3.23. The molecule has 0 saturated heterocycles. The molecule has 0 aliphatic carbocycles. The fourth-order valence-electron chi connectivity index (χ4n) is 3.66. The van der Waals surface area contributed by atoms with Crippen LogP contribution in [0.2, 0.25) is 0 Å². The maximum absolute atomic E-state index is 14.3. The summed E-state index contributed by atoms with van der Waals surface area (Å²) in [6, 6.07) is 10.5. The summed E-state index contributed by atoms with van der Waals surface area (Å²) in [6.07, 6.45) is 2.50. The Morgan fingerprint density at radius 3 is 2.63 bits per heavy atom. The van der Waals surface area contributed by atoms with Gasteiger partial charge in [0.1, 0.15) is 5.83 Å². The van der Waals surface area contributed by atoms with Crippen LogP contribution in [0.5, 0.6) is 11.5 Å². The lowest BCUT2D eigenvalue weighted by Crippen LogP contribution is -2.03. The fraction of sp³-hybridized carbons (Fsp3) is 0.238. The summed E-state index contributed by atoms with van der Waals surface area (Å²) in [5, 5.41) is 0.727. The number of sulfone groups is 1. The van der Waals surface area contributed by atoms with Crippen molar-refractivity contribution in [1.29, 1.82) is 0 Å². The summed E-state index contributed by atoms with van der Waals surface area (Å²) >= 11 is 0. The van der Waals surface area contributed by atoms with E-state index in [0.717, 1.165) is 27.7 Å². The number of allylic oxidation sites excluding steroid dienone is 1. The molecule has 30 heavy (non-hydrogen) atoms. The molecule has 4 rings (SSSR count). The number of halogens is 2. The largest absolute Gasteiger partial charge is 0.454 e. The zero-order chi connectivity index (χ0) is 20.8. The van der Waals surface area contributed by atoms with Gasteiger partial charge in [-0.25, -0.2) is 12.8 Å². The van der Waals surface area contributed by atoms with E-state index in [9.17, 15) is 12.8 Å². The van der Waals surface area contributed by atoms with E-state index >= 15 is 0 Å². The Bertz CT molecular complexity index is 1250. The molecule has 6 nitrogen and oxygen atoms in total. The molecule has 2 aromatic carbocycles. The van der Waals surface area contributed by atoms with Crippen molar-refractivity contribution in [3.05, 3.63) is 54.0 Å². The maximum atomic E-state index is 14.3. The maximum Gasteiger partial charge on any atom is 0.231 e. The summed E-state index contributed by atoms with van der Waals surface area (Å²) in [7, 11) is -3.39. The van der Waals surface area contributed by atoms with Gasteiger partial charge in [0, 0.05) is 35.0 Å². The Labute approximate surface area is 180 Å². The number of hydrogen-bond donors (Lipinski definition) is 1. The van der Waals surface area contributed by atoms with E-state index < -0.39 is 9.84 Å². The van der Waals surface area contributed by atoms with Gasteiger partial charge in [-0.15, -0.1) is 12.4 Å². The lowest BCUT2D eigenvalue weighted by atomic mass is 10.0. The zero-order valence-electron chi connectivity index (χ0n) is 16.5. The number of hydrogen-bond acceptors (Lipinski definition) is 5. The Morgan fingerprint density at radius 2 is 1.93 bits per heavy atom. The van der Waals surface area contributed by atoms with Crippen molar-refractivity contribution in [1.82, 2.24) is 4.57 Å². The van der Waals surface area contributed by atoms with E-state index in [4.69, 9.17) is 15.2 Å². The number of aromatic nitrogens is 1. The van der Waals surface area contributed by atoms with Crippen molar-refractivity contribution < 1.29 is 22.3 Å². The second-order valence-electron chi connectivity index (χ2n) is 6.95. The molecule has 0 amide bonds. The molecule has 0 fully saturated rings. The molecular formula is C21H22ClFN2O4S. The number of fused-ring (bicyclic) bond motifs is 2. The van der Waals surface area contributed by atoms with Gasteiger partial charge in [-0.2, -0.15) is 0 Å². The van der Waals surface area contributed by atoms with Crippen LogP contribution in [0.1, 0.15) is 5.69 Å². The Morgan fingerprint density at radius 1 is 1.20 bits per heavy atom. The zero-order valence-corrected chi connectivity index (χ0v) is 18.1. The predicted molar refractivity (Wildman–Crippen MR) is 117 cm³/mol. The number of nitrogens with two attached hydrogens (primary N) is 1. The highest BCUT2D eigenvalue weighted by atomic mass is 35.5. The van der Waals surface area contributed by atoms with Gasteiger partial charge in [-0.05, 0) is 48.9 Å². The molecule has 0 radical (unpaired) electrons. The highest BCUT2D eigenvalue weighted by Gasteiger charge is 2.21. The third kappa shape index (κ3) is 3.90. The molecule has 0 unspecified atom stereocenters. The van der Waals surface area contributed by atoms with Gasteiger partial charge in [0.2, 0.25) is 6.79 Å². The van der Waals surface area contributed by atoms with Gasteiger partial charge in [0.15, 0.2) is 21.3 Å². The Balaban J connectivity index is 0.00000256. The van der Waals surface area contributed by atoms with E-state index in [1.54, 1.807) is 18.2 Å². The van der Waals surface area contributed by atoms with Crippen LogP contribution < -0.4 is 15.2 Å². The topological polar surface area (TPSA) is 83.5 Å².